The molecule has 0 radical (unpaired) electrons. The summed E-state index contributed by atoms with van der Waals surface area (Å²) in [5.41, 5.74) is 7.80. The fourth-order valence-corrected chi connectivity index (χ4v) is 3.75. The molecule has 0 fully saturated rings. The second-order valence-electron chi connectivity index (χ2n) is 7.61. The van der Waals surface area contributed by atoms with E-state index in [1.807, 2.05) is 6.92 Å². The molecule has 0 saturated carbocycles. The van der Waals surface area contributed by atoms with Gasteiger partial charge in [-0.2, -0.15) is 4.98 Å². The Bertz CT molecular complexity index is 1210. The van der Waals surface area contributed by atoms with Gasteiger partial charge in [0.1, 0.15) is 5.82 Å². The first-order valence-electron chi connectivity index (χ1n) is 10.4. The number of ether oxygens (including phenoxy) is 1. The molecular formula is C24H24F2N4O2. The predicted octanol–water partition coefficient (Wildman–Crippen LogP) is 4.79. The maximum atomic E-state index is 15.2. The second kappa shape index (κ2) is 9.32. The third kappa shape index (κ3) is 4.55. The highest BCUT2D eigenvalue weighted by Gasteiger charge is 2.20. The quantitative estimate of drug-likeness (QED) is 0.413. The third-order valence-corrected chi connectivity index (χ3v) is 5.56. The fraction of sp³-hybridized carbons (Fsp3) is 0.250. The third-order valence-electron chi connectivity index (χ3n) is 5.56. The molecule has 8 heteroatoms. The van der Waals surface area contributed by atoms with Crippen molar-refractivity contribution in [3.8, 4) is 16.9 Å². The lowest BCUT2D eigenvalue weighted by atomic mass is 9.91. The van der Waals surface area contributed by atoms with Crippen molar-refractivity contribution in [3.05, 3.63) is 78.0 Å². The lowest BCUT2D eigenvalue weighted by Crippen LogP contribution is -2.15. The SMILES string of the molecule is CCC(CCOc1cccc(-c2ccn3nc(N)nc3c2)c1F)C(O)c1ccc(F)cc1. The van der Waals surface area contributed by atoms with Gasteiger partial charge in [-0.15, -0.1) is 5.10 Å². The van der Waals surface area contributed by atoms with E-state index in [1.165, 1.54) is 16.6 Å². The monoisotopic (exact) mass is 438 g/mol. The van der Waals surface area contributed by atoms with Crippen molar-refractivity contribution in [1.29, 1.82) is 0 Å². The normalized spacial score (nSPS) is 13.2. The molecule has 2 unspecified atom stereocenters. The first kappa shape index (κ1) is 21.7. The van der Waals surface area contributed by atoms with Crippen LogP contribution in [0.4, 0.5) is 14.7 Å². The highest BCUT2D eigenvalue weighted by Crippen LogP contribution is 2.31. The summed E-state index contributed by atoms with van der Waals surface area (Å²) in [6.07, 6.45) is 2.14. The van der Waals surface area contributed by atoms with Crippen molar-refractivity contribution in [1.82, 2.24) is 14.6 Å². The van der Waals surface area contributed by atoms with Crippen LogP contribution in [0.3, 0.4) is 0 Å². The minimum absolute atomic E-state index is 0.104. The van der Waals surface area contributed by atoms with Crippen molar-refractivity contribution >= 4 is 11.6 Å². The van der Waals surface area contributed by atoms with Gasteiger partial charge in [-0.05, 0) is 53.8 Å². The second-order valence-corrected chi connectivity index (χ2v) is 7.61. The zero-order valence-corrected chi connectivity index (χ0v) is 17.6. The summed E-state index contributed by atoms with van der Waals surface area (Å²) in [6, 6.07) is 14.2. The molecule has 0 amide bonds. The molecule has 2 atom stereocenters. The molecule has 0 aliphatic rings. The fourth-order valence-electron chi connectivity index (χ4n) is 3.75. The number of fused-ring (bicyclic) bond motifs is 1. The van der Waals surface area contributed by atoms with E-state index in [9.17, 15) is 9.50 Å². The molecule has 0 spiro atoms. The highest BCUT2D eigenvalue weighted by atomic mass is 19.1. The van der Waals surface area contributed by atoms with Crippen molar-refractivity contribution in [3.63, 3.8) is 0 Å². The van der Waals surface area contributed by atoms with Gasteiger partial charge in [0.2, 0.25) is 5.95 Å². The van der Waals surface area contributed by atoms with E-state index in [2.05, 4.69) is 10.1 Å². The lowest BCUT2D eigenvalue weighted by Gasteiger charge is -2.22. The summed E-state index contributed by atoms with van der Waals surface area (Å²) in [5.74, 6) is -0.647. The van der Waals surface area contributed by atoms with Crippen LogP contribution in [0.2, 0.25) is 0 Å². The van der Waals surface area contributed by atoms with E-state index in [0.717, 1.165) is 0 Å². The van der Waals surface area contributed by atoms with Crippen LogP contribution in [0, 0.1) is 17.6 Å². The van der Waals surface area contributed by atoms with Crippen LogP contribution in [0.5, 0.6) is 5.75 Å². The van der Waals surface area contributed by atoms with E-state index < -0.39 is 11.9 Å². The number of nitrogens with zero attached hydrogens (tertiary/aromatic N) is 3. The molecule has 2 aromatic heterocycles. The Morgan fingerprint density at radius 1 is 1.12 bits per heavy atom. The molecule has 2 aromatic carbocycles. The van der Waals surface area contributed by atoms with E-state index in [1.54, 1.807) is 48.7 Å². The zero-order valence-electron chi connectivity index (χ0n) is 17.6. The topological polar surface area (TPSA) is 85.7 Å². The Morgan fingerprint density at radius 2 is 1.91 bits per heavy atom. The number of halogens is 2. The predicted molar refractivity (Wildman–Crippen MR) is 118 cm³/mol. The summed E-state index contributed by atoms with van der Waals surface area (Å²) >= 11 is 0. The number of pyridine rings is 1. The average Bonchev–Trinajstić information content (AvgIpc) is 3.17. The van der Waals surface area contributed by atoms with Crippen molar-refractivity contribution in [2.75, 3.05) is 12.3 Å². The first-order chi connectivity index (χ1) is 15.5. The average molecular weight is 438 g/mol. The highest BCUT2D eigenvalue weighted by molar-refractivity contribution is 5.69. The van der Waals surface area contributed by atoms with Crippen LogP contribution in [0.25, 0.3) is 16.8 Å². The maximum Gasteiger partial charge on any atom is 0.240 e. The number of rotatable bonds is 8. The molecule has 0 aliphatic carbocycles. The Kier molecular flexibility index (Phi) is 6.32. The van der Waals surface area contributed by atoms with Gasteiger partial charge in [0.05, 0.1) is 12.7 Å². The van der Waals surface area contributed by atoms with E-state index in [4.69, 9.17) is 10.5 Å². The number of aromatic nitrogens is 3. The number of nitrogens with two attached hydrogens (primary N) is 1. The van der Waals surface area contributed by atoms with Crippen LogP contribution in [0.1, 0.15) is 31.4 Å². The van der Waals surface area contributed by atoms with Gasteiger partial charge in [0.25, 0.3) is 0 Å². The molecule has 0 bridgehead atoms. The van der Waals surface area contributed by atoms with Gasteiger partial charge in [-0.25, -0.2) is 13.3 Å². The molecule has 0 saturated heterocycles. The molecule has 0 aliphatic heterocycles. The van der Waals surface area contributed by atoms with Crippen molar-refractivity contribution in [2.24, 2.45) is 5.92 Å². The van der Waals surface area contributed by atoms with Crippen LogP contribution in [-0.4, -0.2) is 26.3 Å². The number of aliphatic hydroxyl groups excluding tert-OH is 1. The van der Waals surface area contributed by atoms with E-state index >= 15 is 4.39 Å². The van der Waals surface area contributed by atoms with Gasteiger partial charge in [0, 0.05) is 11.8 Å². The molecule has 3 N–H and O–H groups in total. The summed E-state index contributed by atoms with van der Waals surface area (Å²) in [6.45, 7) is 2.20. The van der Waals surface area contributed by atoms with E-state index in [0.29, 0.717) is 35.2 Å². The van der Waals surface area contributed by atoms with Crippen LogP contribution in [-0.2, 0) is 0 Å². The van der Waals surface area contributed by atoms with Gasteiger partial charge >= 0.3 is 0 Å². The molecule has 2 heterocycles. The molecule has 166 valence electrons. The molecule has 4 aromatic rings. The largest absolute Gasteiger partial charge is 0.490 e. The standard InChI is InChI=1S/C24H24F2N4O2/c1-2-15(23(31)16-6-8-18(25)9-7-16)11-13-32-20-5-3-4-19(22(20)26)17-10-12-30-21(14-17)28-24(27)29-30/h3-10,12,14-15,23,31H,2,11,13H2,1H3,(H2,27,29). The minimum Gasteiger partial charge on any atom is -0.490 e. The van der Waals surface area contributed by atoms with Crippen molar-refractivity contribution < 1.29 is 18.6 Å². The Balaban J connectivity index is 1.45. The molecule has 6 nitrogen and oxygen atoms in total. The summed E-state index contributed by atoms with van der Waals surface area (Å²) in [5, 5.41) is 14.6. The number of hydrogen-bond acceptors (Lipinski definition) is 5. The number of nitrogen functional groups attached to an aromatic ring is 1. The zero-order chi connectivity index (χ0) is 22.7. The molecular weight excluding hydrogens is 414 g/mol. The van der Waals surface area contributed by atoms with Crippen molar-refractivity contribution in [2.45, 2.75) is 25.9 Å². The van der Waals surface area contributed by atoms with Gasteiger partial charge in [-0.1, -0.05) is 37.6 Å². The Morgan fingerprint density at radius 3 is 2.66 bits per heavy atom. The number of hydrogen-bond donors (Lipinski definition) is 2. The molecule has 32 heavy (non-hydrogen) atoms. The minimum atomic E-state index is -0.747. The van der Waals surface area contributed by atoms with Gasteiger partial charge < -0.3 is 15.6 Å². The number of benzene rings is 2. The molecule has 4 rings (SSSR count). The number of aliphatic hydroxyl groups is 1. The van der Waals surface area contributed by atoms with Crippen LogP contribution >= 0.6 is 0 Å². The summed E-state index contributed by atoms with van der Waals surface area (Å²) in [7, 11) is 0. The van der Waals surface area contributed by atoms with Gasteiger partial charge in [0.15, 0.2) is 17.2 Å². The van der Waals surface area contributed by atoms with E-state index in [-0.39, 0.29) is 30.0 Å². The smallest absolute Gasteiger partial charge is 0.240 e. The maximum absolute atomic E-state index is 15.2. The number of anilines is 1. The summed E-state index contributed by atoms with van der Waals surface area (Å²) in [4.78, 5) is 4.11. The first-order valence-corrected chi connectivity index (χ1v) is 10.4. The lowest BCUT2D eigenvalue weighted by molar-refractivity contribution is 0.0893. The Hall–Kier alpha value is -3.52. The summed E-state index contributed by atoms with van der Waals surface area (Å²) < 4.78 is 35.5. The van der Waals surface area contributed by atoms with Gasteiger partial charge in [-0.3, -0.25) is 0 Å². The Labute approximate surface area is 184 Å². The van der Waals surface area contributed by atoms with Crippen LogP contribution in [0.15, 0.2) is 60.8 Å². The van der Waals surface area contributed by atoms with Crippen LogP contribution < -0.4 is 10.5 Å².